The molecule has 2 rings (SSSR count). The summed E-state index contributed by atoms with van der Waals surface area (Å²) in [5.41, 5.74) is 1.26. The molecule has 1 atom stereocenters. The van der Waals surface area contributed by atoms with Crippen molar-refractivity contribution in [2.75, 3.05) is 0 Å². The molecule has 19 heavy (non-hydrogen) atoms. The highest BCUT2D eigenvalue weighted by atomic mass is 79.9. The van der Waals surface area contributed by atoms with Crippen molar-refractivity contribution in [3.63, 3.8) is 0 Å². The number of halogens is 1. The molecular formula is C14H19BrN4. The van der Waals surface area contributed by atoms with Gasteiger partial charge in [-0.3, -0.25) is 0 Å². The Balaban J connectivity index is 1.96. The number of nitrogens with one attached hydrogen (secondary N) is 1. The Labute approximate surface area is 122 Å². The normalized spacial score (nSPS) is 12.6. The van der Waals surface area contributed by atoms with Crippen molar-refractivity contribution in [1.29, 1.82) is 0 Å². The molecule has 0 aliphatic heterocycles. The number of nitrogens with zero attached hydrogens (tertiary/aromatic N) is 3. The van der Waals surface area contributed by atoms with Gasteiger partial charge in [0.1, 0.15) is 12.2 Å². The van der Waals surface area contributed by atoms with Crippen LogP contribution >= 0.6 is 15.9 Å². The molecule has 0 saturated carbocycles. The summed E-state index contributed by atoms with van der Waals surface area (Å²) in [5, 5.41) is 7.71. The van der Waals surface area contributed by atoms with Gasteiger partial charge in [0.2, 0.25) is 0 Å². The third kappa shape index (κ3) is 3.88. The molecule has 0 fully saturated rings. The molecule has 0 bridgehead atoms. The zero-order valence-corrected chi connectivity index (χ0v) is 12.9. The predicted octanol–water partition coefficient (Wildman–Crippen LogP) is 3.30. The maximum Gasteiger partial charge on any atom is 0.140 e. The highest BCUT2D eigenvalue weighted by Crippen LogP contribution is 2.18. The van der Waals surface area contributed by atoms with E-state index in [0.29, 0.717) is 0 Å². The molecule has 2 aromatic rings. The molecule has 1 aromatic heterocycles. The number of hydrogen-bond acceptors (Lipinski definition) is 3. The van der Waals surface area contributed by atoms with Gasteiger partial charge in [-0.05, 0) is 31.0 Å². The SMILES string of the molecule is CCCn1ncnc1CNC(C)c1cccc(Br)c1. The molecule has 0 amide bonds. The van der Waals surface area contributed by atoms with Crippen LogP contribution in [0.2, 0.25) is 0 Å². The van der Waals surface area contributed by atoms with Crippen LogP contribution in [0, 0.1) is 0 Å². The largest absolute Gasteiger partial charge is 0.303 e. The van der Waals surface area contributed by atoms with E-state index in [1.54, 1.807) is 6.33 Å². The predicted molar refractivity (Wildman–Crippen MR) is 79.7 cm³/mol. The van der Waals surface area contributed by atoms with Crippen molar-refractivity contribution in [2.45, 2.75) is 39.4 Å². The van der Waals surface area contributed by atoms with Crippen LogP contribution in [0.4, 0.5) is 0 Å². The zero-order chi connectivity index (χ0) is 13.7. The monoisotopic (exact) mass is 322 g/mol. The summed E-state index contributed by atoms with van der Waals surface area (Å²) in [6.45, 7) is 5.95. The van der Waals surface area contributed by atoms with Crippen molar-refractivity contribution in [3.8, 4) is 0 Å². The molecule has 4 nitrogen and oxygen atoms in total. The Morgan fingerprint density at radius 1 is 1.42 bits per heavy atom. The fraction of sp³-hybridized carbons (Fsp3) is 0.429. The van der Waals surface area contributed by atoms with Crippen molar-refractivity contribution >= 4 is 15.9 Å². The van der Waals surface area contributed by atoms with Crippen LogP contribution < -0.4 is 5.32 Å². The van der Waals surface area contributed by atoms with Crippen molar-refractivity contribution in [1.82, 2.24) is 20.1 Å². The first-order valence-electron chi connectivity index (χ1n) is 6.56. The topological polar surface area (TPSA) is 42.7 Å². The standard InChI is InChI=1S/C14H19BrN4/c1-3-7-19-14(17-10-18-19)9-16-11(2)12-5-4-6-13(15)8-12/h4-6,8,10-11,16H,3,7,9H2,1-2H3. The number of benzene rings is 1. The van der Waals surface area contributed by atoms with Gasteiger partial charge < -0.3 is 5.32 Å². The molecule has 0 aliphatic rings. The lowest BCUT2D eigenvalue weighted by molar-refractivity contribution is 0.509. The van der Waals surface area contributed by atoms with E-state index in [9.17, 15) is 0 Å². The van der Waals surface area contributed by atoms with E-state index in [2.05, 4.69) is 63.4 Å². The highest BCUT2D eigenvalue weighted by molar-refractivity contribution is 9.10. The van der Waals surface area contributed by atoms with E-state index in [4.69, 9.17) is 0 Å². The molecular weight excluding hydrogens is 304 g/mol. The van der Waals surface area contributed by atoms with E-state index >= 15 is 0 Å². The van der Waals surface area contributed by atoms with E-state index in [-0.39, 0.29) is 6.04 Å². The zero-order valence-electron chi connectivity index (χ0n) is 11.3. The van der Waals surface area contributed by atoms with E-state index < -0.39 is 0 Å². The minimum absolute atomic E-state index is 0.282. The Hall–Kier alpha value is -1.20. The smallest absolute Gasteiger partial charge is 0.140 e. The minimum atomic E-state index is 0.282. The number of rotatable bonds is 6. The van der Waals surface area contributed by atoms with Gasteiger partial charge in [0, 0.05) is 17.1 Å². The molecule has 102 valence electrons. The van der Waals surface area contributed by atoms with E-state index in [1.165, 1.54) is 5.56 Å². The summed E-state index contributed by atoms with van der Waals surface area (Å²) in [4.78, 5) is 4.30. The Morgan fingerprint density at radius 3 is 3.00 bits per heavy atom. The van der Waals surface area contributed by atoms with Crippen LogP contribution in [0.1, 0.15) is 37.7 Å². The lowest BCUT2D eigenvalue weighted by Gasteiger charge is -2.14. The lowest BCUT2D eigenvalue weighted by atomic mass is 10.1. The van der Waals surface area contributed by atoms with Crippen LogP contribution in [0.5, 0.6) is 0 Å². The molecule has 1 N–H and O–H groups in total. The summed E-state index contributed by atoms with van der Waals surface area (Å²) in [6.07, 6.45) is 2.69. The van der Waals surface area contributed by atoms with Gasteiger partial charge in [0.15, 0.2) is 0 Å². The number of hydrogen-bond donors (Lipinski definition) is 1. The molecule has 1 unspecified atom stereocenters. The van der Waals surface area contributed by atoms with Gasteiger partial charge in [-0.1, -0.05) is 35.0 Å². The highest BCUT2D eigenvalue weighted by Gasteiger charge is 2.08. The average molecular weight is 323 g/mol. The molecule has 5 heteroatoms. The first kappa shape index (κ1) is 14.2. The molecule has 0 radical (unpaired) electrons. The second-order valence-corrected chi connectivity index (χ2v) is 5.47. The molecule has 1 heterocycles. The fourth-order valence-corrected chi connectivity index (χ4v) is 2.38. The van der Waals surface area contributed by atoms with Crippen LogP contribution in [0.25, 0.3) is 0 Å². The second kappa shape index (κ2) is 6.82. The third-order valence-corrected chi connectivity index (χ3v) is 3.54. The summed E-state index contributed by atoms with van der Waals surface area (Å²) >= 11 is 3.50. The molecule has 0 aliphatic carbocycles. The maximum absolute atomic E-state index is 4.30. The van der Waals surface area contributed by atoms with Gasteiger partial charge in [-0.2, -0.15) is 5.10 Å². The third-order valence-electron chi connectivity index (χ3n) is 3.05. The Bertz CT molecular complexity index is 524. The Kier molecular flexibility index (Phi) is 5.10. The van der Waals surface area contributed by atoms with Crippen LogP contribution in [-0.4, -0.2) is 14.8 Å². The number of aromatic nitrogens is 3. The van der Waals surface area contributed by atoms with E-state index in [0.717, 1.165) is 29.8 Å². The van der Waals surface area contributed by atoms with Crippen molar-refractivity contribution in [3.05, 3.63) is 46.5 Å². The molecule has 1 aromatic carbocycles. The summed E-state index contributed by atoms with van der Waals surface area (Å²) in [5.74, 6) is 0.990. The van der Waals surface area contributed by atoms with Crippen LogP contribution in [-0.2, 0) is 13.1 Å². The molecule has 0 spiro atoms. The van der Waals surface area contributed by atoms with Gasteiger partial charge in [0.05, 0.1) is 6.54 Å². The van der Waals surface area contributed by atoms with Crippen LogP contribution in [0.15, 0.2) is 35.1 Å². The summed E-state index contributed by atoms with van der Waals surface area (Å²) < 4.78 is 3.06. The second-order valence-electron chi connectivity index (χ2n) is 4.56. The van der Waals surface area contributed by atoms with Crippen molar-refractivity contribution < 1.29 is 0 Å². The lowest BCUT2D eigenvalue weighted by Crippen LogP contribution is -2.21. The quantitative estimate of drug-likeness (QED) is 0.887. The maximum atomic E-state index is 4.30. The van der Waals surface area contributed by atoms with E-state index in [1.807, 2.05) is 10.7 Å². The number of aryl methyl sites for hydroxylation is 1. The van der Waals surface area contributed by atoms with Gasteiger partial charge in [-0.25, -0.2) is 9.67 Å². The average Bonchev–Trinajstić information content (AvgIpc) is 2.84. The Morgan fingerprint density at radius 2 is 2.26 bits per heavy atom. The van der Waals surface area contributed by atoms with Gasteiger partial charge in [-0.15, -0.1) is 0 Å². The first-order chi connectivity index (χ1) is 9.20. The van der Waals surface area contributed by atoms with Gasteiger partial charge >= 0.3 is 0 Å². The van der Waals surface area contributed by atoms with Crippen LogP contribution in [0.3, 0.4) is 0 Å². The summed E-state index contributed by atoms with van der Waals surface area (Å²) in [6, 6.07) is 8.63. The van der Waals surface area contributed by atoms with Gasteiger partial charge in [0.25, 0.3) is 0 Å². The molecule has 0 saturated heterocycles. The summed E-state index contributed by atoms with van der Waals surface area (Å²) in [7, 11) is 0. The minimum Gasteiger partial charge on any atom is -0.303 e. The first-order valence-corrected chi connectivity index (χ1v) is 7.35. The van der Waals surface area contributed by atoms with Crippen molar-refractivity contribution in [2.24, 2.45) is 0 Å². The fourth-order valence-electron chi connectivity index (χ4n) is 1.96.